The summed E-state index contributed by atoms with van der Waals surface area (Å²) >= 11 is 0. The molecule has 0 aliphatic heterocycles. The van der Waals surface area contributed by atoms with Crippen molar-refractivity contribution in [3.05, 3.63) is 23.8 Å². The van der Waals surface area contributed by atoms with Crippen molar-refractivity contribution in [2.24, 2.45) is 0 Å². The predicted octanol–water partition coefficient (Wildman–Crippen LogP) is 3.19. The van der Waals surface area contributed by atoms with Gasteiger partial charge in [-0.25, -0.2) is 8.78 Å². The van der Waals surface area contributed by atoms with Gasteiger partial charge in [0.25, 0.3) is 6.43 Å². The Morgan fingerprint density at radius 1 is 1.39 bits per heavy atom. The minimum atomic E-state index is -2.52. The smallest absolute Gasteiger partial charge is 0.265 e. The number of alkyl halides is 2. The molecule has 3 nitrogen and oxygen atoms in total. The van der Waals surface area contributed by atoms with E-state index in [1.54, 1.807) is 19.2 Å². The van der Waals surface area contributed by atoms with Crippen LogP contribution in [0.2, 0.25) is 0 Å². The third-order valence-electron chi connectivity index (χ3n) is 3.39. The van der Waals surface area contributed by atoms with Gasteiger partial charge in [-0.2, -0.15) is 0 Å². The van der Waals surface area contributed by atoms with Crippen molar-refractivity contribution in [3.8, 4) is 0 Å². The summed E-state index contributed by atoms with van der Waals surface area (Å²) in [5, 5.41) is 3.17. The second-order valence-electron chi connectivity index (χ2n) is 4.66. The highest BCUT2D eigenvalue weighted by Crippen LogP contribution is 2.32. The molecule has 0 spiro atoms. The Morgan fingerprint density at radius 2 is 2.17 bits per heavy atom. The second kappa shape index (κ2) is 5.52. The molecule has 0 radical (unpaired) electrons. The van der Waals surface area contributed by atoms with E-state index in [-0.39, 0.29) is 17.7 Å². The van der Waals surface area contributed by atoms with E-state index in [9.17, 15) is 8.78 Å². The number of halogens is 2. The number of nitrogen functional groups attached to an aromatic ring is 1. The van der Waals surface area contributed by atoms with Crippen LogP contribution in [0.1, 0.15) is 31.3 Å². The third-order valence-corrected chi connectivity index (χ3v) is 3.39. The molecule has 0 bridgehead atoms. The molecule has 100 valence electrons. The van der Waals surface area contributed by atoms with Crippen LogP contribution in [-0.2, 0) is 4.74 Å². The predicted molar refractivity (Wildman–Crippen MR) is 67.9 cm³/mol. The summed E-state index contributed by atoms with van der Waals surface area (Å²) < 4.78 is 31.1. The van der Waals surface area contributed by atoms with Crippen LogP contribution in [0, 0.1) is 0 Å². The highest BCUT2D eigenvalue weighted by molar-refractivity contribution is 5.59. The van der Waals surface area contributed by atoms with E-state index in [4.69, 9.17) is 10.5 Å². The van der Waals surface area contributed by atoms with Crippen molar-refractivity contribution < 1.29 is 13.5 Å². The zero-order chi connectivity index (χ0) is 13.1. The lowest BCUT2D eigenvalue weighted by Gasteiger charge is -2.17. The van der Waals surface area contributed by atoms with Crippen molar-refractivity contribution in [2.45, 2.75) is 37.8 Å². The van der Waals surface area contributed by atoms with Crippen molar-refractivity contribution in [2.75, 3.05) is 18.2 Å². The first-order valence-electron chi connectivity index (χ1n) is 6.07. The Hall–Kier alpha value is -1.36. The SMILES string of the molecule is COC1CCC(Nc2ccc(N)cc2C(F)F)C1. The zero-order valence-electron chi connectivity index (χ0n) is 10.3. The Bertz CT molecular complexity index is 412. The Morgan fingerprint density at radius 3 is 2.78 bits per heavy atom. The van der Waals surface area contributed by atoms with Gasteiger partial charge in [-0.3, -0.25) is 0 Å². The van der Waals surface area contributed by atoms with Crippen LogP contribution in [0.25, 0.3) is 0 Å². The lowest BCUT2D eigenvalue weighted by Crippen LogP contribution is -2.18. The minimum Gasteiger partial charge on any atom is -0.399 e. The first kappa shape index (κ1) is 13.1. The molecule has 18 heavy (non-hydrogen) atoms. The molecule has 1 aliphatic rings. The van der Waals surface area contributed by atoms with Crippen molar-refractivity contribution in [3.63, 3.8) is 0 Å². The van der Waals surface area contributed by atoms with Crippen molar-refractivity contribution in [1.29, 1.82) is 0 Å². The summed E-state index contributed by atoms with van der Waals surface area (Å²) in [7, 11) is 1.68. The normalized spacial score (nSPS) is 23.6. The maximum Gasteiger partial charge on any atom is 0.265 e. The zero-order valence-corrected chi connectivity index (χ0v) is 10.3. The van der Waals surface area contributed by atoms with Gasteiger partial charge in [-0.1, -0.05) is 0 Å². The van der Waals surface area contributed by atoms with Gasteiger partial charge in [0.05, 0.1) is 6.10 Å². The molecule has 2 rings (SSSR count). The highest BCUT2D eigenvalue weighted by Gasteiger charge is 2.25. The lowest BCUT2D eigenvalue weighted by molar-refractivity contribution is 0.108. The number of nitrogens with two attached hydrogens (primary N) is 1. The maximum absolute atomic E-state index is 12.9. The summed E-state index contributed by atoms with van der Waals surface area (Å²) in [6.07, 6.45) is 0.462. The number of methoxy groups -OCH3 is 1. The molecule has 1 saturated carbocycles. The van der Waals surface area contributed by atoms with E-state index in [2.05, 4.69) is 5.32 Å². The Labute approximate surface area is 105 Å². The Balaban J connectivity index is 2.09. The number of hydrogen-bond acceptors (Lipinski definition) is 3. The molecule has 2 atom stereocenters. The number of anilines is 2. The molecule has 0 saturated heterocycles. The first-order chi connectivity index (χ1) is 8.60. The highest BCUT2D eigenvalue weighted by atomic mass is 19.3. The first-order valence-corrected chi connectivity index (χ1v) is 6.07. The maximum atomic E-state index is 12.9. The van der Waals surface area contributed by atoms with Gasteiger partial charge in [-0.15, -0.1) is 0 Å². The molecule has 0 aromatic heterocycles. The minimum absolute atomic E-state index is 0.0316. The topological polar surface area (TPSA) is 47.3 Å². The van der Waals surface area contributed by atoms with E-state index in [1.807, 2.05) is 0 Å². The molecule has 1 aliphatic carbocycles. The summed E-state index contributed by atoms with van der Waals surface area (Å²) in [6.45, 7) is 0. The fourth-order valence-electron chi connectivity index (χ4n) is 2.40. The number of benzene rings is 1. The number of ether oxygens (including phenoxy) is 1. The largest absolute Gasteiger partial charge is 0.399 e. The van der Waals surface area contributed by atoms with Crippen LogP contribution >= 0.6 is 0 Å². The monoisotopic (exact) mass is 256 g/mol. The number of hydrogen-bond donors (Lipinski definition) is 2. The molecule has 5 heteroatoms. The van der Waals surface area contributed by atoms with Gasteiger partial charge >= 0.3 is 0 Å². The summed E-state index contributed by atoms with van der Waals surface area (Å²) in [5.41, 5.74) is 6.34. The molecular weight excluding hydrogens is 238 g/mol. The van der Waals surface area contributed by atoms with Crippen LogP contribution in [0.5, 0.6) is 0 Å². The summed E-state index contributed by atoms with van der Waals surface area (Å²) in [5.74, 6) is 0. The van der Waals surface area contributed by atoms with E-state index in [1.165, 1.54) is 6.07 Å². The van der Waals surface area contributed by atoms with Gasteiger partial charge in [0.2, 0.25) is 0 Å². The standard InChI is InChI=1S/C13H18F2N2O/c1-18-10-4-3-9(7-10)17-12-5-2-8(16)6-11(12)13(14)15/h2,5-6,9-10,13,17H,3-4,7,16H2,1H3. The van der Waals surface area contributed by atoms with Crippen LogP contribution in [0.4, 0.5) is 20.2 Å². The molecule has 1 aromatic carbocycles. The summed E-state index contributed by atoms with van der Waals surface area (Å²) in [6, 6.07) is 4.78. The quantitative estimate of drug-likeness (QED) is 0.813. The van der Waals surface area contributed by atoms with E-state index in [0.29, 0.717) is 11.4 Å². The molecule has 0 heterocycles. The van der Waals surface area contributed by atoms with Crippen molar-refractivity contribution in [1.82, 2.24) is 0 Å². The molecule has 1 fully saturated rings. The van der Waals surface area contributed by atoms with Crippen molar-refractivity contribution >= 4 is 11.4 Å². The Kier molecular flexibility index (Phi) is 4.01. The van der Waals surface area contributed by atoms with E-state index in [0.717, 1.165) is 19.3 Å². The van der Waals surface area contributed by atoms with Crippen LogP contribution in [0.15, 0.2) is 18.2 Å². The molecule has 2 unspecified atom stereocenters. The molecule has 3 N–H and O–H groups in total. The molecule has 1 aromatic rings. The van der Waals surface area contributed by atoms with Gasteiger partial charge < -0.3 is 15.8 Å². The fourth-order valence-corrected chi connectivity index (χ4v) is 2.40. The van der Waals surface area contributed by atoms with E-state index >= 15 is 0 Å². The van der Waals surface area contributed by atoms with Crippen LogP contribution in [0.3, 0.4) is 0 Å². The van der Waals surface area contributed by atoms with Crippen LogP contribution in [-0.4, -0.2) is 19.3 Å². The van der Waals surface area contributed by atoms with Gasteiger partial charge in [-0.05, 0) is 37.5 Å². The molecule has 0 amide bonds. The fraction of sp³-hybridized carbons (Fsp3) is 0.538. The molecular formula is C13H18F2N2O. The average Bonchev–Trinajstić information content (AvgIpc) is 2.79. The average molecular weight is 256 g/mol. The van der Waals surface area contributed by atoms with E-state index < -0.39 is 6.43 Å². The van der Waals surface area contributed by atoms with Crippen LogP contribution < -0.4 is 11.1 Å². The third kappa shape index (κ3) is 2.90. The van der Waals surface area contributed by atoms with Gasteiger partial charge in [0, 0.05) is 30.1 Å². The second-order valence-corrected chi connectivity index (χ2v) is 4.66. The number of rotatable bonds is 4. The lowest BCUT2D eigenvalue weighted by atomic mass is 10.1. The number of nitrogens with one attached hydrogen (secondary N) is 1. The van der Waals surface area contributed by atoms with Gasteiger partial charge in [0.15, 0.2) is 0 Å². The van der Waals surface area contributed by atoms with Gasteiger partial charge in [0.1, 0.15) is 0 Å². The summed E-state index contributed by atoms with van der Waals surface area (Å²) in [4.78, 5) is 0.